The summed E-state index contributed by atoms with van der Waals surface area (Å²) in [5.74, 6) is -0.576. The molecule has 148 valence electrons. The van der Waals surface area contributed by atoms with E-state index < -0.39 is 16.0 Å². The normalized spacial score (nSPS) is 11.6. The number of nitrogens with one attached hydrogen (secondary N) is 1. The Kier molecular flexibility index (Phi) is 6.07. The van der Waals surface area contributed by atoms with Gasteiger partial charge in [-0.3, -0.25) is 4.79 Å². The zero-order valence-electron chi connectivity index (χ0n) is 14.9. The molecule has 0 atom stereocenters. The summed E-state index contributed by atoms with van der Waals surface area (Å²) in [6, 6.07) is 10.6. The number of fused-ring (bicyclic) bond motifs is 1. The molecule has 0 amide bonds. The monoisotopic (exact) mass is 467 g/mol. The smallest absolute Gasteiger partial charge is 0.307 e. The average molecular weight is 468 g/mol. The van der Waals surface area contributed by atoms with Gasteiger partial charge in [0.15, 0.2) is 0 Å². The number of hydrogen-bond acceptors (Lipinski definition) is 5. The zero-order valence-corrected chi connectivity index (χ0v) is 17.3. The molecule has 1 heterocycles. The average Bonchev–Trinajstić information content (AvgIpc) is 3.07. The summed E-state index contributed by atoms with van der Waals surface area (Å²) in [6.07, 6.45) is 2.48. The Morgan fingerprint density at radius 2 is 2.00 bits per heavy atom. The van der Waals surface area contributed by atoms with Gasteiger partial charge in [-0.2, -0.15) is 0 Å². The van der Waals surface area contributed by atoms with Gasteiger partial charge in [0.05, 0.1) is 23.4 Å². The van der Waals surface area contributed by atoms with Gasteiger partial charge in [0, 0.05) is 17.5 Å². The van der Waals surface area contributed by atoms with Crippen molar-refractivity contribution in [1.82, 2.24) is 4.72 Å². The van der Waals surface area contributed by atoms with E-state index in [1.54, 1.807) is 24.5 Å². The van der Waals surface area contributed by atoms with Gasteiger partial charge in [0.1, 0.15) is 17.9 Å². The largest absolute Gasteiger partial charge is 0.489 e. The summed E-state index contributed by atoms with van der Waals surface area (Å²) in [4.78, 5) is 11.1. The fourth-order valence-electron chi connectivity index (χ4n) is 2.71. The molecule has 0 spiro atoms. The molecule has 0 saturated heterocycles. The predicted molar refractivity (Wildman–Crippen MR) is 108 cm³/mol. The molecule has 0 saturated carbocycles. The van der Waals surface area contributed by atoms with E-state index in [0.717, 1.165) is 27.3 Å². The molecule has 0 aliphatic heterocycles. The lowest BCUT2D eigenvalue weighted by molar-refractivity contribution is -0.136. The second kappa shape index (κ2) is 8.34. The molecule has 0 radical (unpaired) electrons. The van der Waals surface area contributed by atoms with Crippen LogP contribution in [0.15, 0.2) is 51.6 Å². The van der Waals surface area contributed by atoms with Crippen LogP contribution in [0.2, 0.25) is 0 Å². The van der Waals surface area contributed by atoms with Gasteiger partial charge < -0.3 is 14.3 Å². The van der Waals surface area contributed by atoms with Crippen LogP contribution in [-0.4, -0.2) is 25.7 Å². The van der Waals surface area contributed by atoms with Crippen LogP contribution in [0, 0.1) is 0 Å². The first-order valence-corrected chi connectivity index (χ1v) is 11.0. The maximum atomic E-state index is 11.3. The third-order valence-electron chi connectivity index (χ3n) is 3.97. The highest BCUT2D eigenvalue weighted by molar-refractivity contribution is 9.10. The number of rotatable bonds is 8. The van der Waals surface area contributed by atoms with Crippen LogP contribution >= 0.6 is 15.9 Å². The second-order valence-electron chi connectivity index (χ2n) is 6.31. The predicted octanol–water partition coefficient (Wildman–Crippen LogP) is 3.45. The van der Waals surface area contributed by atoms with Gasteiger partial charge in [-0.1, -0.05) is 12.1 Å². The maximum absolute atomic E-state index is 11.3. The summed E-state index contributed by atoms with van der Waals surface area (Å²) in [5, 5.41) is 10.0. The Bertz CT molecular complexity index is 1120. The number of aliphatic carboxylic acids is 1. The number of carbonyl (C=O) groups is 1. The third kappa shape index (κ3) is 5.34. The molecular weight excluding hydrogens is 450 g/mol. The quantitative estimate of drug-likeness (QED) is 0.525. The van der Waals surface area contributed by atoms with E-state index in [4.69, 9.17) is 14.3 Å². The Labute approximate surface area is 170 Å². The van der Waals surface area contributed by atoms with Crippen molar-refractivity contribution in [2.24, 2.45) is 0 Å². The van der Waals surface area contributed by atoms with Gasteiger partial charge in [-0.15, -0.1) is 0 Å². The minimum atomic E-state index is -3.34. The summed E-state index contributed by atoms with van der Waals surface area (Å²) in [6.45, 7) is 0.310. The van der Waals surface area contributed by atoms with Crippen molar-refractivity contribution in [2.45, 2.75) is 19.6 Å². The molecule has 2 N–H and O–H groups in total. The van der Waals surface area contributed by atoms with Crippen molar-refractivity contribution < 1.29 is 27.5 Å². The van der Waals surface area contributed by atoms with E-state index in [2.05, 4.69) is 20.7 Å². The number of furan rings is 1. The lowest BCUT2D eigenvalue weighted by atomic mass is 10.1. The van der Waals surface area contributed by atoms with Crippen LogP contribution in [0.25, 0.3) is 11.0 Å². The lowest BCUT2D eigenvalue weighted by Gasteiger charge is -2.13. The highest BCUT2D eigenvalue weighted by Crippen LogP contribution is 2.28. The minimum absolute atomic E-state index is 0.0923. The zero-order chi connectivity index (χ0) is 20.3. The van der Waals surface area contributed by atoms with E-state index in [9.17, 15) is 13.2 Å². The van der Waals surface area contributed by atoms with Gasteiger partial charge in [0.2, 0.25) is 10.0 Å². The van der Waals surface area contributed by atoms with E-state index in [0.29, 0.717) is 16.9 Å². The van der Waals surface area contributed by atoms with Crippen LogP contribution < -0.4 is 9.46 Å². The SMILES string of the molecule is CS(=O)(=O)NCc1ccc(CC(=O)O)c(OCc2cc(Br)c3occc3c2)c1. The fourth-order valence-corrected chi connectivity index (χ4v) is 3.75. The van der Waals surface area contributed by atoms with Crippen molar-refractivity contribution in [3.63, 3.8) is 0 Å². The van der Waals surface area contributed by atoms with Crippen LogP contribution in [0.3, 0.4) is 0 Å². The fraction of sp³-hybridized carbons (Fsp3) is 0.211. The molecule has 0 fully saturated rings. The Hall–Kier alpha value is -2.36. The van der Waals surface area contributed by atoms with Gasteiger partial charge in [-0.05, 0) is 51.3 Å². The molecule has 9 heteroatoms. The first kappa shape index (κ1) is 20.4. The number of carboxylic acid groups (broad SMARTS) is 1. The molecule has 0 bridgehead atoms. The molecule has 7 nitrogen and oxygen atoms in total. The van der Waals surface area contributed by atoms with Gasteiger partial charge >= 0.3 is 5.97 Å². The Morgan fingerprint density at radius 3 is 2.71 bits per heavy atom. The summed E-state index contributed by atoms with van der Waals surface area (Å²) in [7, 11) is -3.34. The minimum Gasteiger partial charge on any atom is -0.489 e. The van der Waals surface area contributed by atoms with Gasteiger partial charge in [0.25, 0.3) is 0 Å². The van der Waals surface area contributed by atoms with Crippen molar-refractivity contribution >= 4 is 42.9 Å². The lowest BCUT2D eigenvalue weighted by Crippen LogP contribution is -2.21. The molecule has 1 aromatic heterocycles. The molecule has 0 aliphatic rings. The molecule has 0 aliphatic carbocycles. The molecule has 3 rings (SSSR count). The molecular formula is C19H18BrNO6S. The van der Waals surface area contributed by atoms with Crippen LogP contribution in [0.5, 0.6) is 5.75 Å². The van der Waals surface area contributed by atoms with Crippen molar-refractivity contribution in [1.29, 1.82) is 0 Å². The van der Waals surface area contributed by atoms with Crippen LogP contribution in [0.1, 0.15) is 16.7 Å². The number of benzene rings is 2. The number of ether oxygens (including phenoxy) is 1. The maximum Gasteiger partial charge on any atom is 0.307 e. The summed E-state index contributed by atoms with van der Waals surface area (Å²) in [5.41, 5.74) is 2.80. The van der Waals surface area contributed by atoms with Crippen LogP contribution in [0.4, 0.5) is 0 Å². The van der Waals surface area contributed by atoms with Crippen molar-refractivity contribution in [3.8, 4) is 5.75 Å². The standard InChI is InChI=1S/C19H18BrNO6S/c1-28(24,25)21-10-12-2-3-14(9-18(22)23)17(8-12)27-11-13-6-15-4-5-26-19(15)16(20)7-13/h2-8,21H,9-11H2,1H3,(H,22,23). The van der Waals surface area contributed by atoms with Gasteiger partial charge in [-0.25, -0.2) is 13.1 Å². The van der Waals surface area contributed by atoms with E-state index in [1.165, 1.54) is 0 Å². The first-order chi connectivity index (χ1) is 13.2. The van der Waals surface area contributed by atoms with E-state index in [1.807, 2.05) is 18.2 Å². The Morgan fingerprint density at radius 1 is 1.21 bits per heavy atom. The number of hydrogen-bond donors (Lipinski definition) is 2. The van der Waals surface area contributed by atoms with Crippen molar-refractivity contribution in [2.75, 3.05) is 6.26 Å². The molecule has 3 aromatic rings. The molecule has 0 unspecified atom stereocenters. The summed E-state index contributed by atoms with van der Waals surface area (Å²) >= 11 is 3.46. The van der Waals surface area contributed by atoms with Crippen molar-refractivity contribution in [3.05, 3.63) is 63.8 Å². The topological polar surface area (TPSA) is 106 Å². The first-order valence-electron chi connectivity index (χ1n) is 8.28. The number of sulfonamides is 1. The number of halogens is 1. The molecule has 28 heavy (non-hydrogen) atoms. The Balaban J connectivity index is 1.83. The van der Waals surface area contributed by atoms with E-state index in [-0.39, 0.29) is 19.6 Å². The number of carboxylic acids is 1. The third-order valence-corrected chi connectivity index (χ3v) is 5.23. The summed E-state index contributed by atoms with van der Waals surface area (Å²) < 4.78 is 37.1. The highest BCUT2D eigenvalue weighted by atomic mass is 79.9. The van der Waals surface area contributed by atoms with E-state index >= 15 is 0 Å². The second-order valence-corrected chi connectivity index (χ2v) is 9.00. The molecule has 2 aromatic carbocycles. The highest BCUT2D eigenvalue weighted by Gasteiger charge is 2.12. The van der Waals surface area contributed by atoms with Crippen LogP contribution in [-0.2, 0) is 34.4 Å².